The number of anilines is 1. The summed E-state index contributed by atoms with van der Waals surface area (Å²) >= 11 is 0. The SMILES string of the molecule is CN=C(NCCCNc1ccccc1)NCC1CC1.I. The van der Waals surface area contributed by atoms with Crippen LogP contribution in [0, 0.1) is 5.92 Å². The zero-order chi connectivity index (χ0) is 13.3. The highest BCUT2D eigenvalue weighted by Crippen LogP contribution is 2.27. The van der Waals surface area contributed by atoms with Crippen LogP contribution in [0.5, 0.6) is 0 Å². The molecule has 3 N–H and O–H groups in total. The molecule has 0 aliphatic heterocycles. The lowest BCUT2D eigenvalue weighted by molar-refractivity contribution is 0.723. The Labute approximate surface area is 138 Å². The minimum absolute atomic E-state index is 0. The molecule has 0 bridgehead atoms. The summed E-state index contributed by atoms with van der Waals surface area (Å²) in [6.07, 6.45) is 3.80. The number of aliphatic imine (C=N–C) groups is 1. The third-order valence-corrected chi connectivity index (χ3v) is 3.23. The summed E-state index contributed by atoms with van der Waals surface area (Å²) in [4.78, 5) is 4.22. The van der Waals surface area contributed by atoms with E-state index in [1.165, 1.54) is 18.5 Å². The van der Waals surface area contributed by atoms with Crippen molar-refractivity contribution in [3.63, 3.8) is 0 Å². The molecule has 20 heavy (non-hydrogen) atoms. The van der Waals surface area contributed by atoms with Crippen LogP contribution in [0.15, 0.2) is 35.3 Å². The van der Waals surface area contributed by atoms with Gasteiger partial charge in [-0.25, -0.2) is 0 Å². The molecule has 0 atom stereocenters. The van der Waals surface area contributed by atoms with Crippen molar-refractivity contribution < 1.29 is 0 Å². The van der Waals surface area contributed by atoms with E-state index in [2.05, 4.69) is 33.1 Å². The first-order chi connectivity index (χ1) is 9.38. The van der Waals surface area contributed by atoms with Crippen molar-refractivity contribution in [2.75, 3.05) is 32.0 Å². The van der Waals surface area contributed by atoms with Crippen molar-refractivity contribution in [1.29, 1.82) is 0 Å². The summed E-state index contributed by atoms with van der Waals surface area (Å²) in [7, 11) is 1.82. The minimum Gasteiger partial charge on any atom is -0.385 e. The smallest absolute Gasteiger partial charge is 0.190 e. The fourth-order valence-electron chi connectivity index (χ4n) is 1.87. The molecule has 0 heterocycles. The van der Waals surface area contributed by atoms with E-state index in [1.807, 2.05) is 25.2 Å². The number of nitrogens with one attached hydrogen (secondary N) is 3. The Morgan fingerprint density at radius 1 is 1.15 bits per heavy atom. The monoisotopic (exact) mass is 388 g/mol. The van der Waals surface area contributed by atoms with E-state index < -0.39 is 0 Å². The van der Waals surface area contributed by atoms with E-state index in [-0.39, 0.29) is 24.0 Å². The number of hydrogen-bond acceptors (Lipinski definition) is 2. The highest BCUT2D eigenvalue weighted by molar-refractivity contribution is 14.0. The Kier molecular flexibility index (Phi) is 8.41. The molecule has 1 saturated carbocycles. The molecular weight excluding hydrogens is 363 g/mol. The van der Waals surface area contributed by atoms with Gasteiger partial charge in [0.15, 0.2) is 5.96 Å². The molecule has 1 aromatic carbocycles. The number of nitrogens with zero attached hydrogens (tertiary/aromatic N) is 1. The lowest BCUT2D eigenvalue weighted by atomic mass is 10.3. The van der Waals surface area contributed by atoms with Gasteiger partial charge >= 0.3 is 0 Å². The topological polar surface area (TPSA) is 48.5 Å². The third-order valence-electron chi connectivity index (χ3n) is 3.23. The van der Waals surface area contributed by atoms with Crippen LogP contribution < -0.4 is 16.0 Å². The van der Waals surface area contributed by atoms with Crippen LogP contribution in [0.2, 0.25) is 0 Å². The fourth-order valence-corrected chi connectivity index (χ4v) is 1.87. The maximum atomic E-state index is 4.22. The van der Waals surface area contributed by atoms with Crippen LogP contribution >= 0.6 is 24.0 Å². The molecule has 0 spiro atoms. The first-order valence-corrected chi connectivity index (χ1v) is 7.12. The van der Waals surface area contributed by atoms with Gasteiger partial charge in [0, 0.05) is 32.4 Å². The normalized spacial score (nSPS) is 14.3. The lowest BCUT2D eigenvalue weighted by Crippen LogP contribution is -2.39. The molecule has 4 nitrogen and oxygen atoms in total. The van der Waals surface area contributed by atoms with Crippen molar-refractivity contribution >= 4 is 35.6 Å². The molecule has 1 fully saturated rings. The fraction of sp³-hybridized carbons (Fsp3) is 0.533. The number of benzene rings is 1. The van der Waals surface area contributed by atoms with Crippen LogP contribution in [-0.2, 0) is 0 Å². The van der Waals surface area contributed by atoms with Crippen molar-refractivity contribution in [3.8, 4) is 0 Å². The van der Waals surface area contributed by atoms with E-state index in [4.69, 9.17) is 0 Å². The van der Waals surface area contributed by atoms with Gasteiger partial charge in [-0.2, -0.15) is 0 Å². The Morgan fingerprint density at radius 2 is 1.90 bits per heavy atom. The van der Waals surface area contributed by atoms with Crippen molar-refractivity contribution in [2.24, 2.45) is 10.9 Å². The van der Waals surface area contributed by atoms with Gasteiger partial charge in [0.05, 0.1) is 0 Å². The van der Waals surface area contributed by atoms with E-state index in [9.17, 15) is 0 Å². The third kappa shape index (κ3) is 6.98. The van der Waals surface area contributed by atoms with Crippen LogP contribution in [0.4, 0.5) is 5.69 Å². The Morgan fingerprint density at radius 3 is 2.55 bits per heavy atom. The van der Waals surface area contributed by atoms with Gasteiger partial charge in [-0.1, -0.05) is 18.2 Å². The van der Waals surface area contributed by atoms with Gasteiger partial charge in [-0.3, -0.25) is 4.99 Å². The second kappa shape index (κ2) is 9.85. The van der Waals surface area contributed by atoms with Gasteiger partial charge in [0.2, 0.25) is 0 Å². The van der Waals surface area contributed by atoms with Crippen molar-refractivity contribution in [2.45, 2.75) is 19.3 Å². The molecule has 0 amide bonds. The van der Waals surface area contributed by atoms with Gasteiger partial charge in [-0.05, 0) is 37.3 Å². The van der Waals surface area contributed by atoms with E-state index >= 15 is 0 Å². The number of halogens is 1. The first kappa shape index (κ1) is 17.1. The molecule has 0 aromatic heterocycles. The number of para-hydroxylation sites is 1. The largest absolute Gasteiger partial charge is 0.385 e. The summed E-state index contributed by atoms with van der Waals surface area (Å²) < 4.78 is 0. The highest BCUT2D eigenvalue weighted by Gasteiger charge is 2.20. The van der Waals surface area contributed by atoms with Crippen LogP contribution in [-0.4, -0.2) is 32.6 Å². The summed E-state index contributed by atoms with van der Waals surface area (Å²) in [5.41, 5.74) is 1.18. The van der Waals surface area contributed by atoms with Gasteiger partial charge in [0.1, 0.15) is 0 Å². The van der Waals surface area contributed by atoms with Gasteiger partial charge in [0.25, 0.3) is 0 Å². The second-order valence-corrected chi connectivity index (χ2v) is 4.97. The Hall–Kier alpha value is -0.980. The molecule has 0 radical (unpaired) electrons. The molecule has 112 valence electrons. The molecule has 1 aromatic rings. The standard InChI is InChI=1S/C15H24N4.HI/c1-16-15(19-12-13-8-9-13)18-11-5-10-17-14-6-3-2-4-7-14;/h2-4,6-7,13,17H,5,8-12H2,1H3,(H2,16,18,19);1H. The highest BCUT2D eigenvalue weighted by atomic mass is 127. The zero-order valence-electron chi connectivity index (χ0n) is 12.1. The van der Waals surface area contributed by atoms with Crippen LogP contribution in [0.3, 0.4) is 0 Å². The number of hydrogen-bond donors (Lipinski definition) is 3. The van der Waals surface area contributed by atoms with E-state index in [0.717, 1.165) is 37.9 Å². The average molecular weight is 388 g/mol. The second-order valence-electron chi connectivity index (χ2n) is 4.97. The molecule has 2 rings (SSSR count). The quantitative estimate of drug-likeness (QED) is 0.291. The summed E-state index contributed by atoms with van der Waals surface area (Å²) in [5, 5.41) is 10.1. The maximum absolute atomic E-state index is 4.22. The summed E-state index contributed by atoms with van der Waals surface area (Å²) in [6.45, 7) is 2.96. The zero-order valence-corrected chi connectivity index (χ0v) is 14.4. The summed E-state index contributed by atoms with van der Waals surface area (Å²) in [6, 6.07) is 10.3. The Balaban J connectivity index is 0.00000200. The molecule has 5 heteroatoms. The first-order valence-electron chi connectivity index (χ1n) is 7.12. The van der Waals surface area contributed by atoms with Crippen molar-refractivity contribution in [1.82, 2.24) is 10.6 Å². The van der Waals surface area contributed by atoms with Crippen LogP contribution in [0.25, 0.3) is 0 Å². The Bertz CT molecular complexity index is 390. The predicted octanol–water partition coefficient (Wildman–Crippen LogP) is 2.68. The predicted molar refractivity (Wildman–Crippen MR) is 97.1 cm³/mol. The van der Waals surface area contributed by atoms with E-state index in [0.29, 0.717) is 0 Å². The average Bonchev–Trinajstić information content (AvgIpc) is 3.27. The minimum atomic E-state index is 0. The lowest BCUT2D eigenvalue weighted by Gasteiger charge is -2.12. The summed E-state index contributed by atoms with van der Waals surface area (Å²) in [5.74, 6) is 1.80. The molecule has 0 saturated heterocycles. The van der Waals surface area contributed by atoms with Gasteiger partial charge < -0.3 is 16.0 Å². The number of rotatable bonds is 7. The molecule has 1 aliphatic rings. The maximum Gasteiger partial charge on any atom is 0.190 e. The van der Waals surface area contributed by atoms with Crippen LogP contribution in [0.1, 0.15) is 19.3 Å². The number of guanidine groups is 1. The molecule has 1 aliphatic carbocycles. The van der Waals surface area contributed by atoms with E-state index in [1.54, 1.807) is 0 Å². The molecular formula is C15H25IN4. The molecule has 0 unspecified atom stereocenters. The van der Waals surface area contributed by atoms with Gasteiger partial charge in [-0.15, -0.1) is 24.0 Å². The van der Waals surface area contributed by atoms with Crippen molar-refractivity contribution in [3.05, 3.63) is 30.3 Å².